The first-order valence-electron chi connectivity index (χ1n) is 7.22. The summed E-state index contributed by atoms with van der Waals surface area (Å²) in [6.07, 6.45) is 8.44. The number of hydrogen-bond donors (Lipinski definition) is 0. The second-order valence-electron chi connectivity index (χ2n) is 4.96. The lowest BCUT2D eigenvalue weighted by Gasteiger charge is -2.00. The highest BCUT2D eigenvalue weighted by Crippen LogP contribution is 2.20. The molecule has 3 nitrogen and oxygen atoms in total. The molecule has 0 fully saturated rings. The number of nitrogens with zero attached hydrogens (tertiary/aromatic N) is 2. The maximum absolute atomic E-state index is 14.1. The maximum atomic E-state index is 14.1. The van der Waals surface area contributed by atoms with Gasteiger partial charge in [-0.1, -0.05) is 53.7 Å². The van der Waals surface area contributed by atoms with Crippen molar-refractivity contribution < 1.29 is 9.18 Å². The van der Waals surface area contributed by atoms with Crippen LogP contribution in [0.2, 0.25) is 0 Å². The molecule has 24 heavy (non-hydrogen) atoms. The standard InChI is InChI=1S/C19H13FN2OS/c1-2-13-22-18-15(20)9-6-10-16(18)24-19(22)21-17(23)12-11-14-7-4-3-5-8-14/h1,3-12H,13H2/b12-11+,21-19?. The molecule has 0 unspecified atom stereocenters. The summed E-state index contributed by atoms with van der Waals surface area (Å²) >= 11 is 1.23. The topological polar surface area (TPSA) is 34.4 Å². The Kier molecular flexibility index (Phi) is 4.69. The minimum atomic E-state index is -0.420. The first-order chi connectivity index (χ1) is 11.7. The van der Waals surface area contributed by atoms with Crippen molar-refractivity contribution in [2.24, 2.45) is 4.99 Å². The molecule has 0 saturated heterocycles. The molecular formula is C19H13FN2OS. The van der Waals surface area contributed by atoms with Crippen molar-refractivity contribution in [1.82, 2.24) is 4.57 Å². The molecule has 0 bridgehead atoms. The van der Waals surface area contributed by atoms with Crippen molar-refractivity contribution in [3.8, 4) is 12.3 Å². The predicted octanol–water partition coefficient (Wildman–Crippen LogP) is 3.62. The number of halogens is 1. The predicted molar refractivity (Wildman–Crippen MR) is 94.7 cm³/mol. The van der Waals surface area contributed by atoms with Crippen LogP contribution in [0.25, 0.3) is 16.3 Å². The van der Waals surface area contributed by atoms with Gasteiger partial charge in [-0.15, -0.1) is 6.42 Å². The zero-order valence-corrected chi connectivity index (χ0v) is 13.5. The van der Waals surface area contributed by atoms with E-state index in [9.17, 15) is 9.18 Å². The van der Waals surface area contributed by atoms with Gasteiger partial charge >= 0.3 is 0 Å². The van der Waals surface area contributed by atoms with Crippen LogP contribution >= 0.6 is 11.3 Å². The van der Waals surface area contributed by atoms with Crippen molar-refractivity contribution in [3.63, 3.8) is 0 Å². The van der Waals surface area contributed by atoms with Crippen LogP contribution < -0.4 is 4.80 Å². The molecule has 0 saturated carbocycles. The average Bonchev–Trinajstić information content (AvgIpc) is 2.93. The highest BCUT2D eigenvalue weighted by atomic mass is 32.1. The summed E-state index contributed by atoms with van der Waals surface area (Å²) in [7, 11) is 0. The summed E-state index contributed by atoms with van der Waals surface area (Å²) < 4.78 is 16.3. The van der Waals surface area contributed by atoms with E-state index in [2.05, 4.69) is 10.9 Å². The summed E-state index contributed by atoms with van der Waals surface area (Å²) in [5.74, 6) is 1.67. The smallest absolute Gasteiger partial charge is 0.272 e. The van der Waals surface area contributed by atoms with Crippen molar-refractivity contribution in [3.05, 3.63) is 70.8 Å². The number of para-hydroxylation sites is 1. The second-order valence-corrected chi connectivity index (χ2v) is 5.96. The number of hydrogen-bond acceptors (Lipinski definition) is 2. The van der Waals surface area contributed by atoms with Crippen LogP contribution in [0.3, 0.4) is 0 Å². The number of thiazole rings is 1. The second kappa shape index (κ2) is 7.07. The molecule has 1 amide bonds. The molecule has 1 heterocycles. The van der Waals surface area contributed by atoms with Crippen LogP contribution in [0.4, 0.5) is 4.39 Å². The average molecular weight is 336 g/mol. The summed E-state index contributed by atoms with van der Waals surface area (Å²) in [4.78, 5) is 16.5. The molecule has 0 radical (unpaired) electrons. The van der Waals surface area contributed by atoms with Gasteiger partial charge in [0.1, 0.15) is 5.82 Å². The third-order valence-electron chi connectivity index (χ3n) is 3.33. The maximum Gasteiger partial charge on any atom is 0.272 e. The number of carbonyl (C=O) groups is 1. The van der Waals surface area contributed by atoms with Gasteiger partial charge < -0.3 is 4.57 Å². The number of rotatable bonds is 3. The largest absolute Gasteiger partial charge is 0.302 e. The number of amides is 1. The van der Waals surface area contributed by atoms with Crippen LogP contribution in [0.1, 0.15) is 5.56 Å². The molecule has 0 spiro atoms. The fraction of sp³-hybridized carbons (Fsp3) is 0.0526. The van der Waals surface area contributed by atoms with E-state index in [4.69, 9.17) is 6.42 Å². The number of aromatic nitrogens is 1. The zero-order chi connectivity index (χ0) is 16.9. The van der Waals surface area contributed by atoms with Crippen molar-refractivity contribution >= 4 is 33.5 Å². The Morgan fingerprint density at radius 2 is 2.04 bits per heavy atom. The third kappa shape index (κ3) is 3.34. The number of carbonyl (C=O) groups excluding carboxylic acids is 1. The van der Waals surface area contributed by atoms with Crippen molar-refractivity contribution in [2.75, 3.05) is 0 Å². The van der Waals surface area contributed by atoms with E-state index in [-0.39, 0.29) is 12.4 Å². The molecule has 3 aromatic rings. The monoisotopic (exact) mass is 336 g/mol. The molecule has 0 aliphatic carbocycles. The first kappa shape index (κ1) is 15.9. The van der Waals surface area contributed by atoms with Gasteiger partial charge in [0.2, 0.25) is 0 Å². The Morgan fingerprint density at radius 1 is 1.25 bits per heavy atom. The lowest BCUT2D eigenvalue weighted by atomic mass is 10.2. The summed E-state index contributed by atoms with van der Waals surface area (Å²) in [5, 5.41) is 0. The van der Waals surface area contributed by atoms with Crippen molar-refractivity contribution in [2.45, 2.75) is 6.54 Å². The Labute approximate surface area is 142 Å². The molecule has 0 atom stereocenters. The van der Waals surface area contributed by atoms with E-state index < -0.39 is 5.91 Å². The fourth-order valence-electron chi connectivity index (χ4n) is 2.27. The van der Waals surface area contributed by atoms with Gasteiger partial charge in [-0.05, 0) is 23.8 Å². The highest BCUT2D eigenvalue weighted by molar-refractivity contribution is 7.16. The quantitative estimate of drug-likeness (QED) is 0.531. The van der Waals surface area contributed by atoms with E-state index >= 15 is 0 Å². The van der Waals surface area contributed by atoms with Gasteiger partial charge in [0.15, 0.2) is 4.80 Å². The minimum Gasteiger partial charge on any atom is -0.302 e. The van der Waals surface area contributed by atoms with E-state index in [1.807, 2.05) is 30.3 Å². The summed E-state index contributed by atoms with van der Waals surface area (Å²) in [5.41, 5.74) is 1.28. The van der Waals surface area contributed by atoms with Gasteiger partial charge in [0, 0.05) is 6.08 Å². The van der Waals surface area contributed by atoms with Crippen LogP contribution in [0, 0.1) is 18.2 Å². The lowest BCUT2D eigenvalue weighted by molar-refractivity contribution is -0.113. The van der Waals surface area contributed by atoms with Crippen molar-refractivity contribution in [1.29, 1.82) is 0 Å². The SMILES string of the molecule is C#CCn1c(=NC(=O)/C=C/c2ccccc2)sc2cccc(F)c21. The lowest BCUT2D eigenvalue weighted by Crippen LogP contribution is -2.16. The van der Waals surface area contributed by atoms with E-state index in [1.165, 1.54) is 23.5 Å². The summed E-state index contributed by atoms with van der Waals surface area (Å²) in [6.45, 7) is 0.148. The van der Waals surface area contributed by atoms with Gasteiger partial charge in [-0.3, -0.25) is 4.79 Å². The summed E-state index contributed by atoms with van der Waals surface area (Å²) in [6, 6.07) is 14.2. The molecule has 118 valence electrons. The number of benzene rings is 2. The minimum absolute atomic E-state index is 0.148. The Bertz CT molecular complexity index is 1020. The Morgan fingerprint density at radius 3 is 2.79 bits per heavy atom. The molecule has 0 aliphatic heterocycles. The number of fused-ring (bicyclic) bond motifs is 1. The Hall–Kier alpha value is -2.97. The van der Waals surface area contributed by atoms with Gasteiger partial charge in [-0.25, -0.2) is 4.39 Å². The number of terminal acetylenes is 1. The van der Waals surface area contributed by atoms with Gasteiger partial charge in [0.05, 0.1) is 16.8 Å². The Balaban J connectivity index is 2.02. The molecule has 0 N–H and O–H groups in total. The fourth-order valence-corrected chi connectivity index (χ4v) is 3.32. The third-order valence-corrected chi connectivity index (χ3v) is 4.37. The molecule has 1 aromatic heterocycles. The molecule has 0 aliphatic rings. The van der Waals surface area contributed by atoms with Crippen LogP contribution in [0.5, 0.6) is 0 Å². The molecule has 3 rings (SSSR count). The van der Waals surface area contributed by atoms with E-state index in [0.29, 0.717) is 15.0 Å². The van der Waals surface area contributed by atoms with Crippen LogP contribution in [0.15, 0.2) is 59.6 Å². The molecular weight excluding hydrogens is 323 g/mol. The zero-order valence-electron chi connectivity index (χ0n) is 12.6. The van der Waals surface area contributed by atoms with E-state index in [1.54, 1.807) is 22.8 Å². The van der Waals surface area contributed by atoms with Crippen LogP contribution in [-0.2, 0) is 11.3 Å². The van der Waals surface area contributed by atoms with Crippen LogP contribution in [-0.4, -0.2) is 10.5 Å². The normalized spacial score (nSPS) is 11.9. The first-order valence-corrected chi connectivity index (χ1v) is 8.04. The highest BCUT2D eigenvalue weighted by Gasteiger charge is 2.10. The van der Waals surface area contributed by atoms with Gasteiger partial charge in [-0.2, -0.15) is 4.99 Å². The molecule has 2 aromatic carbocycles. The molecule has 5 heteroatoms. The van der Waals surface area contributed by atoms with E-state index in [0.717, 1.165) is 5.56 Å². The van der Waals surface area contributed by atoms with Gasteiger partial charge in [0.25, 0.3) is 5.91 Å².